The minimum atomic E-state index is -4.11. The smallest absolute Gasteiger partial charge is 0.296 e. The van der Waals surface area contributed by atoms with Crippen molar-refractivity contribution in [1.82, 2.24) is 9.97 Å². The van der Waals surface area contributed by atoms with Crippen LogP contribution >= 0.6 is 0 Å². The topological polar surface area (TPSA) is 80.2 Å². The van der Waals surface area contributed by atoms with E-state index < -0.39 is 18.2 Å². The largest absolute Gasteiger partial charge is 0.312 e. The monoisotopic (exact) mass is 686 g/mol. The normalized spacial score (nSPS) is 13.6. The van der Waals surface area contributed by atoms with E-state index in [9.17, 15) is 8.42 Å². The van der Waals surface area contributed by atoms with E-state index in [0.29, 0.717) is 0 Å². The molecule has 2 aromatic heterocycles. The molecule has 181 valence electrons. The van der Waals surface area contributed by atoms with Gasteiger partial charge in [0.1, 0.15) is 0 Å². The second kappa shape index (κ2) is 8.83. The van der Waals surface area contributed by atoms with Gasteiger partial charge in [-0.05, 0) is 46.1 Å². The van der Waals surface area contributed by atoms with Crippen molar-refractivity contribution in [2.45, 2.75) is 18.1 Å². The molecule has 5 nitrogen and oxygen atoms in total. The second-order valence-corrected chi connectivity index (χ2v) is 14.8. The maximum absolute atomic E-state index is 10.3. The standard InChI is InChI=1S/C23H16NSi.C5H5NO3S.Ir/c1-25(2)19-13-6-5-10-17(19)22-23(25)21-16-9-4-3-8-14(16)15-11-7-12-18(24-22)20(15)21;7-10(8,9)5-3-1-2-4-6-5;/h3-9,11-13H,1-2H3;1-4H,(H,7,8,9);/q-1;;. The molecule has 1 radical (unpaired) electrons. The van der Waals surface area contributed by atoms with Crippen molar-refractivity contribution in [3.63, 3.8) is 0 Å². The van der Waals surface area contributed by atoms with Crippen LogP contribution in [0.3, 0.4) is 0 Å². The van der Waals surface area contributed by atoms with E-state index in [1.165, 1.54) is 67.6 Å². The average molecular weight is 686 g/mol. The third-order valence-corrected chi connectivity index (χ3v) is 11.1. The molecule has 5 aromatic rings. The van der Waals surface area contributed by atoms with Crippen molar-refractivity contribution in [3.8, 4) is 33.5 Å². The number of nitrogens with zero attached hydrogens (tertiary/aromatic N) is 2. The van der Waals surface area contributed by atoms with Gasteiger partial charge < -0.3 is 0 Å². The van der Waals surface area contributed by atoms with E-state index in [0.717, 1.165) is 5.52 Å². The number of rotatable bonds is 1. The van der Waals surface area contributed by atoms with Gasteiger partial charge in [0.2, 0.25) is 0 Å². The molecule has 0 fully saturated rings. The predicted molar refractivity (Wildman–Crippen MR) is 141 cm³/mol. The van der Waals surface area contributed by atoms with Gasteiger partial charge in [0.05, 0.1) is 13.6 Å². The van der Waals surface area contributed by atoms with Crippen LogP contribution in [-0.4, -0.2) is 31.0 Å². The summed E-state index contributed by atoms with van der Waals surface area (Å²) >= 11 is 0. The first-order chi connectivity index (χ1) is 16.8. The molecule has 8 heteroatoms. The number of aromatic nitrogens is 2. The predicted octanol–water partition coefficient (Wildman–Crippen LogP) is 4.81. The molecule has 7 rings (SSSR count). The van der Waals surface area contributed by atoms with Crippen LogP contribution in [0.2, 0.25) is 13.1 Å². The van der Waals surface area contributed by atoms with Gasteiger partial charge in [-0.3, -0.25) is 9.54 Å². The SMILES string of the molecule is C[Si]1(C)c2ccc[c-]c2-c2nc3cccc4c3c(c21)-c1ccccc1-4.O=S(=O)(O)c1ccccn1.[Ir]. The molecule has 0 saturated heterocycles. The maximum atomic E-state index is 10.3. The molecule has 0 spiro atoms. The Hall–Kier alpha value is -3.00. The third kappa shape index (κ3) is 3.69. The summed E-state index contributed by atoms with van der Waals surface area (Å²) in [5.41, 5.74) is 9.00. The Morgan fingerprint density at radius 3 is 2.28 bits per heavy atom. The van der Waals surface area contributed by atoms with Gasteiger partial charge in [-0.15, -0.1) is 35.0 Å². The summed E-state index contributed by atoms with van der Waals surface area (Å²) in [5, 5.41) is 3.98. The Kier molecular flexibility index (Phi) is 6.05. The van der Waals surface area contributed by atoms with Crippen LogP contribution in [-0.2, 0) is 30.2 Å². The van der Waals surface area contributed by atoms with Crippen LogP contribution < -0.4 is 10.4 Å². The first-order valence-electron chi connectivity index (χ1n) is 11.3. The van der Waals surface area contributed by atoms with Gasteiger partial charge in [-0.1, -0.05) is 60.7 Å². The summed E-state index contributed by atoms with van der Waals surface area (Å²) in [7, 11) is -5.91. The van der Waals surface area contributed by atoms with Crippen LogP contribution in [0, 0.1) is 6.07 Å². The molecule has 3 heterocycles. The molecule has 1 aliphatic carbocycles. The zero-order valence-corrected chi connectivity index (χ0v) is 23.7. The Morgan fingerprint density at radius 2 is 1.58 bits per heavy atom. The summed E-state index contributed by atoms with van der Waals surface area (Å²) in [4.78, 5) is 8.55. The summed E-state index contributed by atoms with van der Waals surface area (Å²) in [6.07, 6.45) is 1.29. The Labute approximate surface area is 224 Å². The fraction of sp³-hybridized carbons (Fsp3) is 0.0714. The molecule has 0 saturated carbocycles. The van der Waals surface area contributed by atoms with Gasteiger partial charge in [0.25, 0.3) is 0 Å². The molecule has 0 atom stereocenters. The minimum Gasteiger partial charge on any atom is -0.296 e. The molecule has 1 aliphatic heterocycles. The number of pyridine rings is 2. The molecule has 2 aliphatic rings. The first-order valence-corrected chi connectivity index (χ1v) is 15.7. The number of hydrogen-bond donors (Lipinski definition) is 1. The maximum Gasteiger partial charge on any atom is 0.312 e. The summed E-state index contributed by atoms with van der Waals surface area (Å²) in [5.74, 6) is 0. The van der Waals surface area contributed by atoms with E-state index in [1.54, 1.807) is 6.07 Å². The van der Waals surface area contributed by atoms with Crippen molar-refractivity contribution in [2.24, 2.45) is 0 Å². The zero-order valence-electron chi connectivity index (χ0n) is 19.5. The van der Waals surface area contributed by atoms with E-state index in [2.05, 4.69) is 78.7 Å². The number of hydrogen-bond acceptors (Lipinski definition) is 4. The van der Waals surface area contributed by atoms with Crippen molar-refractivity contribution in [3.05, 3.63) is 91.1 Å². The van der Waals surface area contributed by atoms with Crippen molar-refractivity contribution in [1.29, 1.82) is 0 Å². The van der Waals surface area contributed by atoms with Crippen molar-refractivity contribution in [2.75, 3.05) is 0 Å². The van der Waals surface area contributed by atoms with E-state index >= 15 is 0 Å². The molecule has 0 bridgehead atoms. The summed E-state index contributed by atoms with van der Waals surface area (Å²) < 4.78 is 29.1. The molecule has 3 aromatic carbocycles. The molecular weight excluding hydrogens is 665 g/mol. The van der Waals surface area contributed by atoms with Gasteiger partial charge in [0, 0.05) is 31.7 Å². The molecule has 1 N–H and O–H groups in total. The van der Waals surface area contributed by atoms with Crippen molar-refractivity contribution < 1.29 is 33.1 Å². The Bertz CT molecular complexity index is 1760. The molecular formula is C28H21IrN2O3SSi-. The number of benzene rings is 3. The Balaban J connectivity index is 0.000000207. The van der Waals surface area contributed by atoms with Gasteiger partial charge >= 0.3 is 10.1 Å². The van der Waals surface area contributed by atoms with Gasteiger partial charge in [0.15, 0.2) is 5.03 Å². The third-order valence-electron chi connectivity index (χ3n) is 6.79. The molecule has 36 heavy (non-hydrogen) atoms. The van der Waals surface area contributed by atoms with Crippen LogP contribution in [0.4, 0.5) is 0 Å². The summed E-state index contributed by atoms with van der Waals surface area (Å²) in [6.45, 7) is 4.91. The van der Waals surface area contributed by atoms with Crippen LogP contribution in [0.15, 0.2) is 90.1 Å². The van der Waals surface area contributed by atoms with Gasteiger partial charge in [-0.25, -0.2) is 4.98 Å². The Morgan fingerprint density at radius 1 is 0.861 bits per heavy atom. The first kappa shape index (κ1) is 24.7. The van der Waals surface area contributed by atoms with Crippen LogP contribution in [0.5, 0.6) is 0 Å². The zero-order chi connectivity index (χ0) is 24.4. The molecule has 0 unspecified atom stereocenters. The van der Waals surface area contributed by atoms with Gasteiger partial charge in [-0.2, -0.15) is 8.42 Å². The summed E-state index contributed by atoms with van der Waals surface area (Å²) in [6, 6.07) is 29.6. The minimum absolute atomic E-state index is 0. The van der Waals surface area contributed by atoms with Crippen LogP contribution in [0.25, 0.3) is 44.4 Å². The average Bonchev–Trinajstić information content (AvgIpc) is 3.31. The van der Waals surface area contributed by atoms with Crippen molar-refractivity contribution >= 4 is 39.5 Å². The van der Waals surface area contributed by atoms with Crippen LogP contribution in [0.1, 0.15) is 0 Å². The van der Waals surface area contributed by atoms with E-state index in [1.807, 2.05) is 6.07 Å². The fourth-order valence-electron chi connectivity index (χ4n) is 5.32. The number of fused-ring (bicyclic) bond motifs is 7. The van der Waals surface area contributed by atoms with E-state index in [-0.39, 0.29) is 25.1 Å². The second-order valence-electron chi connectivity index (χ2n) is 9.18. The molecule has 0 amide bonds. The van der Waals surface area contributed by atoms with E-state index in [4.69, 9.17) is 9.54 Å². The quantitative estimate of drug-likeness (QED) is 0.153. The fourth-order valence-corrected chi connectivity index (χ4v) is 9.02.